The Morgan fingerprint density at radius 3 is 3.07 bits per heavy atom. The van der Waals surface area contributed by atoms with Crippen LogP contribution in [0, 0.1) is 0 Å². The molecule has 1 heterocycles. The first-order valence-corrected chi connectivity index (χ1v) is 4.64. The van der Waals surface area contributed by atoms with E-state index in [-0.39, 0.29) is 5.11 Å². The number of nitrogens with zero attached hydrogens (tertiary/aromatic N) is 1. The zero-order chi connectivity index (χ0) is 10.1. The third-order valence-electron chi connectivity index (χ3n) is 1.78. The Balaban J connectivity index is 2.53. The van der Waals surface area contributed by atoms with Crippen LogP contribution in [0.5, 0.6) is 0 Å². The van der Waals surface area contributed by atoms with E-state index >= 15 is 0 Å². The summed E-state index contributed by atoms with van der Waals surface area (Å²) in [5.41, 5.74) is 6.94. The minimum Gasteiger partial charge on any atom is -0.376 e. The van der Waals surface area contributed by atoms with E-state index in [0.717, 1.165) is 16.6 Å². The molecule has 2 aromatic rings. The summed E-state index contributed by atoms with van der Waals surface area (Å²) < 4.78 is 0. The summed E-state index contributed by atoms with van der Waals surface area (Å²) in [5.74, 6) is 0. The van der Waals surface area contributed by atoms with Gasteiger partial charge in [-0.25, -0.2) is 0 Å². The smallest absolute Gasteiger partial charge is 0.168 e. The Labute approximate surface area is 90.4 Å². The molecule has 1 aromatic carbocycles. The summed E-state index contributed by atoms with van der Waals surface area (Å²) in [4.78, 5) is 0. The maximum Gasteiger partial charge on any atom is 0.168 e. The Morgan fingerprint density at radius 2 is 2.36 bits per heavy atom. The highest BCUT2D eigenvalue weighted by atomic mass is 35.5. The highest BCUT2D eigenvalue weighted by molar-refractivity contribution is 7.80. The van der Waals surface area contributed by atoms with Gasteiger partial charge in [-0.3, -0.25) is 5.10 Å². The van der Waals surface area contributed by atoms with Gasteiger partial charge in [0.1, 0.15) is 0 Å². The second-order valence-electron chi connectivity index (χ2n) is 2.78. The molecule has 2 rings (SSSR count). The van der Waals surface area contributed by atoms with E-state index < -0.39 is 0 Å². The number of benzene rings is 1. The van der Waals surface area contributed by atoms with E-state index in [9.17, 15) is 0 Å². The van der Waals surface area contributed by atoms with E-state index in [1.165, 1.54) is 0 Å². The molecule has 4 N–H and O–H groups in total. The molecule has 0 amide bonds. The first-order chi connectivity index (χ1) is 6.66. The molecule has 0 fully saturated rings. The number of thiocarbonyl (C=S) groups is 1. The maximum absolute atomic E-state index is 6.00. The van der Waals surface area contributed by atoms with E-state index in [4.69, 9.17) is 29.6 Å². The van der Waals surface area contributed by atoms with Crippen molar-refractivity contribution >= 4 is 45.5 Å². The van der Waals surface area contributed by atoms with Gasteiger partial charge in [-0.2, -0.15) is 5.10 Å². The molecule has 0 saturated carbocycles. The van der Waals surface area contributed by atoms with E-state index in [1.54, 1.807) is 12.3 Å². The average molecular weight is 227 g/mol. The van der Waals surface area contributed by atoms with Gasteiger partial charge in [0, 0.05) is 11.1 Å². The van der Waals surface area contributed by atoms with Crippen molar-refractivity contribution in [2.45, 2.75) is 0 Å². The second kappa shape index (κ2) is 3.43. The third kappa shape index (κ3) is 1.64. The number of nitrogens with two attached hydrogens (primary N) is 1. The lowest BCUT2D eigenvalue weighted by molar-refractivity contribution is 1.12. The Hall–Kier alpha value is -1.33. The number of fused-ring (bicyclic) bond motifs is 1. The van der Waals surface area contributed by atoms with Crippen molar-refractivity contribution in [2.24, 2.45) is 5.73 Å². The molecule has 0 atom stereocenters. The first kappa shape index (κ1) is 9.23. The van der Waals surface area contributed by atoms with Crippen LogP contribution in [0.25, 0.3) is 10.9 Å². The Morgan fingerprint density at radius 1 is 1.57 bits per heavy atom. The van der Waals surface area contributed by atoms with Gasteiger partial charge < -0.3 is 11.1 Å². The predicted molar refractivity (Wildman–Crippen MR) is 61.5 cm³/mol. The summed E-state index contributed by atoms with van der Waals surface area (Å²) in [6.07, 6.45) is 1.67. The number of hydrogen-bond donors (Lipinski definition) is 3. The van der Waals surface area contributed by atoms with E-state index in [1.807, 2.05) is 6.07 Å². The van der Waals surface area contributed by atoms with Gasteiger partial charge in [0.25, 0.3) is 0 Å². The van der Waals surface area contributed by atoms with Gasteiger partial charge in [0.15, 0.2) is 5.11 Å². The molecule has 72 valence electrons. The van der Waals surface area contributed by atoms with Crippen molar-refractivity contribution < 1.29 is 0 Å². The monoisotopic (exact) mass is 226 g/mol. The normalized spacial score (nSPS) is 10.4. The van der Waals surface area contributed by atoms with Crippen LogP contribution >= 0.6 is 23.8 Å². The van der Waals surface area contributed by atoms with E-state index in [0.29, 0.717) is 5.02 Å². The van der Waals surface area contributed by atoms with Crippen molar-refractivity contribution in [2.75, 3.05) is 5.32 Å². The number of nitrogens with one attached hydrogen (secondary N) is 2. The highest BCUT2D eigenvalue weighted by Gasteiger charge is 2.03. The van der Waals surface area contributed by atoms with Crippen LogP contribution in [0.15, 0.2) is 18.3 Å². The van der Waals surface area contributed by atoms with Crippen molar-refractivity contribution in [3.63, 3.8) is 0 Å². The maximum atomic E-state index is 6.00. The molecule has 0 bridgehead atoms. The van der Waals surface area contributed by atoms with Gasteiger partial charge in [-0.15, -0.1) is 0 Å². The van der Waals surface area contributed by atoms with Gasteiger partial charge >= 0.3 is 0 Å². The number of rotatable bonds is 1. The third-order valence-corrected chi connectivity index (χ3v) is 2.19. The highest BCUT2D eigenvalue weighted by Crippen LogP contribution is 2.25. The first-order valence-electron chi connectivity index (χ1n) is 3.86. The summed E-state index contributed by atoms with van der Waals surface area (Å²) >= 11 is 10.7. The van der Waals surface area contributed by atoms with Crippen LogP contribution < -0.4 is 11.1 Å². The second-order valence-corrected chi connectivity index (χ2v) is 3.63. The molecule has 0 unspecified atom stereocenters. The largest absolute Gasteiger partial charge is 0.376 e. The van der Waals surface area contributed by atoms with Crippen LogP contribution in [0.4, 0.5) is 5.69 Å². The standard InChI is InChI=1S/C8H7ClN4S/c9-6-1-4(12-8(10)14)2-7-5(6)3-11-13-7/h1-3H,(H,11,13)(H3,10,12,14). The van der Waals surface area contributed by atoms with Gasteiger partial charge in [0.05, 0.1) is 16.7 Å². The number of aromatic nitrogens is 2. The molecule has 14 heavy (non-hydrogen) atoms. The van der Waals surface area contributed by atoms with E-state index in [2.05, 4.69) is 15.5 Å². The quantitative estimate of drug-likeness (QED) is 0.650. The molecule has 0 saturated heterocycles. The fraction of sp³-hybridized carbons (Fsp3) is 0. The van der Waals surface area contributed by atoms with Crippen LogP contribution in [-0.2, 0) is 0 Å². The number of H-pyrrole nitrogens is 1. The van der Waals surface area contributed by atoms with Gasteiger partial charge in [-0.1, -0.05) is 11.6 Å². The molecule has 1 aromatic heterocycles. The molecular formula is C8H7ClN4S. The topological polar surface area (TPSA) is 66.7 Å². The number of anilines is 1. The van der Waals surface area contributed by atoms with Gasteiger partial charge in [0.2, 0.25) is 0 Å². The zero-order valence-electron chi connectivity index (χ0n) is 7.04. The predicted octanol–water partition coefficient (Wildman–Crippen LogP) is 1.87. The molecule has 0 spiro atoms. The van der Waals surface area contributed by atoms with Crippen molar-refractivity contribution in [3.05, 3.63) is 23.4 Å². The average Bonchev–Trinajstić information content (AvgIpc) is 2.50. The van der Waals surface area contributed by atoms with Crippen LogP contribution in [0.2, 0.25) is 5.02 Å². The van der Waals surface area contributed by atoms with Crippen molar-refractivity contribution in [3.8, 4) is 0 Å². The summed E-state index contributed by atoms with van der Waals surface area (Å²) in [6.45, 7) is 0. The molecule has 0 radical (unpaired) electrons. The minimum absolute atomic E-state index is 0.208. The van der Waals surface area contributed by atoms with Crippen LogP contribution in [-0.4, -0.2) is 15.3 Å². The lowest BCUT2D eigenvalue weighted by atomic mass is 10.2. The molecule has 0 aliphatic carbocycles. The summed E-state index contributed by atoms with van der Waals surface area (Å²) in [6, 6.07) is 3.59. The lowest BCUT2D eigenvalue weighted by Gasteiger charge is -2.04. The molecule has 6 heteroatoms. The van der Waals surface area contributed by atoms with Gasteiger partial charge in [-0.05, 0) is 24.4 Å². The fourth-order valence-corrected chi connectivity index (χ4v) is 1.61. The molecular weight excluding hydrogens is 220 g/mol. The van der Waals surface area contributed by atoms with Crippen molar-refractivity contribution in [1.29, 1.82) is 0 Å². The van der Waals surface area contributed by atoms with Crippen LogP contribution in [0.3, 0.4) is 0 Å². The van der Waals surface area contributed by atoms with Crippen molar-refractivity contribution in [1.82, 2.24) is 10.2 Å². The molecule has 0 aliphatic rings. The SMILES string of the molecule is NC(=S)Nc1cc(Cl)c2cn[nH]c2c1. The summed E-state index contributed by atoms with van der Waals surface area (Å²) in [5, 5.41) is 11.2. The number of hydrogen-bond acceptors (Lipinski definition) is 2. The number of halogens is 1. The minimum atomic E-state index is 0.208. The van der Waals surface area contributed by atoms with Crippen LogP contribution in [0.1, 0.15) is 0 Å². The molecule has 4 nitrogen and oxygen atoms in total. The fourth-order valence-electron chi connectivity index (χ4n) is 1.22. The summed E-state index contributed by atoms with van der Waals surface area (Å²) in [7, 11) is 0. The Bertz CT molecular complexity index is 493. The lowest BCUT2D eigenvalue weighted by Crippen LogP contribution is -2.18. The Kier molecular flexibility index (Phi) is 2.26. The zero-order valence-corrected chi connectivity index (χ0v) is 8.62. The molecule has 0 aliphatic heterocycles. The number of aromatic amines is 1.